The van der Waals surface area contributed by atoms with E-state index in [1.165, 1.54) is 11.3 Å². The van der Waals surface area contributed by atoms with Gasteiger partial charge in [0, 0.05) is 17.8 Å². The first-order valence-corrected chi connectivity index (χ1v) is 10.6. The highest BCUT2D eigenvalue weighted by atomic mass is 32.1. The summed E-state index contributed by atoms with van der Waals surface area (Å²) >= 11 is 1.38. The Bertz CT molecular complexity index is 948. The van der Waals surface area contributed by atoms with Gasteiger partial charge >= 0.3 is 0 Å². The fraction of sp³-hybridized carbons (Fsp3) is 0.273. The first-order valence-electron chi connectivity index (χ1n) is 9.71. The maximum Gasteiger partial charge on any atom is 0.265 e. The van der Waals surface area contributed by atoms with Gasteiger partial charge in [0.05, 0.1) is 17.2 Å². The molecule has 3 aromatic rings. The Morgan fingerprint density at radius 1 is 1.07 bits per heavy atom. The molecule has 6 nitrogen and oxygen atoms in total. The van der Waals surface area contributed by atoms with Crippen molar-refractivity contribution >= 4 is 28.8 Å². The second-order valence-corrected chi connectivity index (χ2v) is 7.94. The molecule has 1 aliphatic rings. The van der Waals surface area contributed by atoms with Crippen molar-refractivity contribution in [1.82, 2.24) is 10.2 Å². The Morgan fingerprint density at radius 2 is 1.93 bits per heavy atom. The molecule has 29 heavy (non-hydrogen) atoms. The van der Waals surface area contributed by atoms with Crippen LogP contribution >= 0.6 is 11.3 Å². The Hall–Kier alpha value is -2.90. The lowest BCUT2D eigenvalue weighted by Crippen LogP contribution is -2.36. The van der Waals surface area contributed by atoms with Crippen LogP contribution in [-0.4, -0.2) is 36.3 Å². The number of thiophene rings is 1. The van der Waals surface area contributed by atoms with E-state index < -0.39 is 0 Å². The smallest absolute Gasteiger partial charge is 0.265 e. The maximum absolute atomic E-state index is 12.7. The van der Waals surface area contributed by atoms with E-state index in [9.17, 15) is 9.59 Å². The zero-order chi connectivity index (χ0) is 20.1. The molecule has 2 N–H and O–H groups in total. The third-order valence-corrected chi connectivity index (χ3v) is 5.91. The van der Waals surface area contributed by atoms with E-state index in [4.69, 9.17) is 4.42 Å². The molecule has 0 bridgehead atoms. The highest BCUT2D eigenvalue weighted by Gasteiger charge is 2.26. The predicted molar refractivity (Wildman–Crippen MR) is 113 cm³/mol. The van der Waals surface area contributed by atoms with E-state index in [2.05, 4.69) is 15.5 Å². The molecule has 2 aromatic heterocycles. The molecular formula is C22H23N3O3S. The molecule has 7 heteroatoms. The van der Waals surface area contributed by atoms with E-state index in [1.807, 2.05) is 23.6 Å². The molecule has 4 rings (SSSR count). The molecule has 0 radical (unpaired) electrons. The summed E-state index contributed by atoms with van der Waals surface area (Å²) < 4.78 is 5.60. The highest BCUT2D eigenvalue weighted by Crippen LogP contribution is 2.25. The van der Waals surface area contributed by atoms with Crippen LogP contribution in [-0.2, 0) is 0 Å². The summed E-state index contributed by atoms with van der Waals surface area (Å²) in [7, 11) is 0. The van der Waals surface area contributed by atoms with Crippen LogP contribution in [0.25, 0.3) is 0 Å². The van der Waals surface area contributed by atoms with Crippen LogP contribution in [0.1, 0.15) is 44.7 Å². The predicted octanol–water partition coefficient (Wildman–Crippen LogP) is 4.16. The van der Waals surface area contributed by atoms with E-state index in [1.54, 1.807) is 36.6 Å². The number of nitrogens with one attached hydrogen (secondary N) is 2. The van der Waals surface area contributed by atoms with Gasteiger partial charge in [-0.25, -0.2) is 0 Å². The summed E-state index contributed by atoms with van der Waals surface area (Å²) in [5, 5.41) is 7.72. The number of rotatable bonds is 7. The third-order valence-electron chi connectivity index (χ3n) is 5.04. The highest BCUT2D eigenvalue weighted by molar-refractivity contribution is 7.12. The SMILES string of the molecule is O=C(NC[C@@H](c1ccco1)N1CCCC1)c1cccc(NC(=O)c2cccs2)c1. The minimum atomic E-state index is -0.176. The lowest BCUT2D eigenvalue weighted by molar-refractivity contribution is 0.0932. The van der Waals surface area contributed by atoms with E-state index >= 15 is 0 Å². The van der Waals surface area contributed by atoms with Crippen LogP contribution in [0.2, 0.25) is 0 Å². The second-order valence-electron chi connectivity index (χ2n) is 7.00. The van der Waals surface area contributed by atoms with Crippen molar-refractivity contribution < 1.29 is 14.0 Å². The minimum Gasteiger partial charge on any atom is -0.468 e. The van der Waals surface area contributed by atoms with Gasteiger partial charge in [0.2, 0.25) is 0 Å². The van der Waals surface area contributed by atoms with Crippen LogP contribution in [0.15, 0.2) is 64.6 Å². The number of furan rings is 1. The Kier molecular flexibility index (Phi) is 6.07. The summed E-state index contributed by atoms with van der Waals surface area (Å²) in [4.78, 5) is 27.9. The molecule has 1 atom stereocenters. The van der Waals surface area contributed by atoms with Gasteiger partial charge in [0.25, 0.3) is 11.8 Å². The topological polar surface area (TPSA) is 74.6 Å². The maximum atomic E-state index is 12.7. The molecule has 0 spiro atoms. The van der Waals surface area contributed by atoms with Gasteiger partial charge in [-0.05, 0) is 67.7 Å². The van der Waals surface area contributed by atoms with Crippen LogP contribution < -0.4 is 10.6 Å². The molecule has 150 valence electrons. The van der Waals surface area contributed by atoms with E-state index in [0.29, 0.717) is 22.7 Å². The van der Waals surface area contributed by atoms with Gasteiger partial charge in [-0.1, -0.05) is 12.1 Å². The summed E-state index contributed by atoms with van der Waals surface area (Å²) in [5.74, 6) is 0.515. The second kappa shape index (κ2) is 9.07. The third kappa shape index (κ3) is 4.75. The van der Waals surface area contributed by atoms with Crippen LogP contribution in [0, 0.1) is 0 Å². The average Bonchev–Trinajstić information content (AvgIpc) is 3.51. The van der Waals surface area contributed by atoms with Crippen LogP contribution in [0.5, 0.6) is 0 Å². The monoisotopic (exact) mass is 409 g/mol. The van der Waals surface area contributed by atoms with Gasteiger partial charge < -0.3 is 15.1 Å². The molecule has 0 saturated carbocycles. The molecular weight excluding hydrogens is 386 g/mol. The summed E-state index contributed by atoms with van der Waals surface area (Å²) in [6, 6.07) is 14.4. The fourth-order valence-electron chi connectivity index (χ4n) is 3.57. The summed E-state index contributed by atoms with van der Waals surface area (Å²) in [6.45, 7) is 2.48. The zero-order valence-corrected chi connectivity index (χ0v) is 16.8. The number of carbonyl (C=O) groups excluding carboxylic acids is 2. The molecule has 1 aliphatic heterocycles. The largest absolute Gasteiger partial charge is 0.468 e. The fourth-order valence-corrected chi connectivity index (χ4v) is 4.19. The minimum absolute atomic E-state index is 0.0261. The van der Waals surface area contributed by atoms with Gasteiger partial charge in [0.15, 0.2) is 0 Å². The first-order chi connectivity index (χ1) is 14.2. The van der Waals surface area contributed by atoms with Crippen molar-refractivity contribution in [2.24, 2.45) is 0 Å². The van der Waals surface area contributed by atoms with Gasteiger partial charge in [0.1, 0.15) is 5.76 Å². The summed E-state index contributed by atoms with van der Waals surface area (Å²) in [6.07, 6.45) is 3.99. The van der Waals surface area contributed by atoms with Crippen molar-refractivity contribution in [3.05, 3.63) is 76.4 Å². The average molecular weight is 410 g/mol. The zero-order valence-electron chi connectivity index (χ0n) is 16.0. The Morgan fingerprint density at radius 3 is 2.66 bits per heavy atom. The van der Waals surface area contributed by atoms with Crippen molar-refractivity contribution in [2.75, 3.05) is 25.0 Å². The molecule has 1 fully saturated rings. The first kappa shape index (κ1) is 19.4. The molecule has 0 unspecified atom stereocenters. The Labute approximate surface area is 173 Å². The van der Waals surface area contributed by atoms with Crippen LogP contribution in [0.3, 0.4) is 0 Å². The van der Waals surface area contributed by atoms with E-state index in [-0.39, 0.29) is 17.9 Å². The van der Waals surface area contributed by atoms with Crippen molar-refractivity contribution in [1.29, 1.82) is 0 Å². The number of hydrogen-bond donors (Lipinski definition) is 2. The quantitative estimate of drug-likeness (QED) is 0.614. The van der Waals surface area contributed by atoms with Crippen molar-refractivity contribution in [3.8, 4) is 0 Å². The lowest BCUT2D eigenvalue weighted by atomic mass is 10.1. The Balaban J connectivity index is 1.40. The van der Waals surface area contributed by atoms with Gasteiger partial charge in [-0.3, -0.25) is 14.5 Å². The number of likely N-dealkylation sites (tertiary alicyclic amines) is 1. The molecule has 1 aromatic carbocycles. The number of anilines is 1. The number of amides is 2. The normalized spacial score (nSPS) is 15.2. The number of carbonyl (C=O) groups is 2. The lowest BCUT2D eigenvalue weighted by Gasteiger charge is -2.26. The van der Waals surface area contributed by atoms with Crippen molar-refractivity contribution in [3.63, 3.8) is 0 Å². The molecule has 1 saturated heterocycles. The molecule has 3 heterocycles. The van der Waals surface area contributed by atoms with E-state index in [0.717, 1.165) is 31.7 Å². The van der Waals surface area contributed by atoms with Crippen LogP contribution in [0.4, 0.5) is 5.69 Å². The number of benzene rings is 1. The number of hydrogen-bond acceptors (Lipinski definition) is 5. The van der Waals surface area contributed by atoms with Gasteiger partial charge in [-0.2, -0.15) is 0 Å². The molecule has 0 aliphatic carbocycles. The molecule has 2 amide bonds. The van der Waals surface area contributed by atoms with Gasteiger partial charge in [-0.15, -0.1) is 11.3 Å². The van der Waals surface area contributed by atoms with Crippen molar-refractivity contribution in [2.45, 2.75) is 18.9 Å². The number of nitrogens with zero attached hydrogens (tertiary/aromatic N) is 1. The standard InChI is InChI=1S/C22H23N3O3S/c26-21(23-15-18(19-8-4-12-28-19)25-10-1-2-11-25)16-6-3-7-17(14-16)24-22(27)20-9-5-13-29-20/h3-9,12-14,18H,1-2,10-11,15H2,(H,23,26)(H,24,27)/t18-/m0/s1. The summed E-state index contributed by atoms with van der Waals surface area (Å²) in [5.41, 5.74) is 1.10.